The van der Waals surface area contributed by atoms with Crippen LogP contribution in [0.25, 0.3) is 10.9 Å². The number of hydrogen-bond acceptors (Lipinski definition) is 2. The molecule has 4 heteroatoms. The SMILES string of the molecule is CC1[C@@H]2CC[C@H]1CC(N(C)C(=O)c1cn(CC3CC3)c3ccccc3c1=O)C2. The van der Waals surface area contributed by atoms with Crippen LogP contribution in [0.5, 0.6) is 0 Å². The second kappa shape index (κ2) is 6.75. The van der Waals surface area contributed by atoms with Gasteiger partial charge in [0, 0.05) is 31.2 Å². The van der Waals surface area contributed by atoms with E-state index >= 15 is 0 Å². The van der Waals surface area contributed by atoms with Gasteiger partial charge >= 0.3 is 0 Å². The summed E-state index contributed by atoms with van der Waals surface area (Å²) in [5.74, 6) is 2.85. The molecule has 148 valence electrons. The van der Waals surface area contributed by atoms with Gasteiger partial charge in [0.25, 0.3) is 5.91 Å². The summed E-state index contributed by atoms with van der Waals surface area (Å²) in [4.78, 5) is 28.4. The van der Waals surface area contributed by atoms with Gasteiger partial charge in [-0.15, -0.1) is 0 Å². The van der Waals surface area contributed by atoms with E-state index in [1.165, 1.54) is 25.7 Å². The molecule has 2 unspecified atom stereocenters. The van der Waals surface area contributed by atoms with E-state index in [2.05, 4.69) is 11.5 Å². The molecule has 4 nitrogen and oxygen atoms in total. The molecule has 0 radical (unpaired) electrons. The van der Waals surface area contributed by atoms with Crippen LogP contribution in [0.15, 0.2) is 35.3 Å². The molecular weight excluding hydrogens is 348 g/mol. The van der Waals surface area contributed by atoms with Crippen molar-refractivity contribution < 1.29 is 4.79 Å². The Labute approximate surface area is 166 Å². The number of carbonyl (C=O) groups is 1. The van der Waals surface area contributed by atoms with E-state index in [0.717, 1.165) is 42.7 Å². The minimum Gasteiger partial charge on any atom is -0.346 e. The average Bonchev–Trinajstić information content (AvgIpc) is 3.50. The first kappa shape index (κ1) is 18.0. The molecule has 1 aromatic heterocycles. The summed E-state index contributed by atoms with van der Waals surface area (Å²) in [6.07, 6.45) is 9.10. The van der Waals surface area contributed by atoms with Crippen LogP contribution < -0.4 is 5.43 Å². The maximum Gasteiger partial charge on any atom is 0.259 e. The molecule has 5 rings (SSSR count). The number of hydrogen-bond donors (Lipinski definition) is 0. The van der Waals surface area contributed by atoms with Gasteiger partial charge in [-0.3, -0.25) is 9.59 Å². The van der Waals surface area contributed by atoms with Crippen LogP contribution in [0.4, 0.5) is 0 Å². The fourth-order valence-corrected chi connectivity index (χ4v) is 5.70. The van der Waals surface area contributed by atoms with Crippen LogP contribution in [0, 0.1) is 23.7 Å². The molecule has 3 aliphatic carbocycles. The summed E-state index contributed by atoms with van der Waals surface area (Å²) >= 11 is 0. The van der Waals surface area contributed by atoms with Crippen molar-refractivity contribution in [1.29, 1.82) is 0 Å². The number of aromatic nitrogens is 1. The lowest BCUT2D eigenvalue weighted by atomic mass is 9.77. The van der Waals surface area contributed by atoms with Crippen molar-refractivity contribution in [3.63, 3.8) is 0 Å². The second-order valence-corrected chi connectivity index (χ2v) is 9.48. The normalized spacial score (nSPS) is 29.2. The third kappa shape index (κ3) is 2.98. The van der Waals surface area contributed by atoms with E-state index in [4.69, 9.17) is 0 Å². The summed E-state index contributed by atoms with van der Waals surface area (Å²) in [5, 5.41) is 0.666. The summed E-state index contributed by atoms with van der Waals surface area (Å²) in [6, 6.07) is 7.99. The molecule has 0 aliphatic heterocycles. The number of pyridine rings is 1. The van der Waals surface area contributed by atoms with Crippen LogP contribution in [0.3, 0.4) is 0 Å². The van der Waals surface area contributed by atoms with E-state index in [0.29, 0.717) is 16.9 Å². The monoisotopic (exact) mass is 378 g/mol. The fourth-order valence-electron chi connectivity index (χ4n) is 5.70. The van der Waals surface area contributed by atoms with Crippen LogP contribution in [0.1, 0.15) is 55.8 Å². The van der Waals surface area contributed by atoms with Crippen molar-refractivity contribution in [3.8, 4) is 0 Å². The van der Waals surface area contributed by atoms with E-state index in [1.54, 1.807) is 0 Å². The highest BCUT2D eigenvalue weighted by Gasteiger charge is 2.42. The quantitative estimate of drug-likeness (QED) is 0.796. The lowest BCUT2D eigenvalue weighted by Crippen LogP contribution is -2.44. The Bertz CT molecular complexity index is 960. The summed E-state index contributed by atoms with van der Waals surface area (Å²) in [6.45, 7) is 3.27. The Kier molecular flexibility index (Phi) is 4.33. The highest BCUT2D eigenvalue weighted by atomic mass is 16.2. The van der Waals surface area contributed by atoms with Gasteiger partial charge in [-0.05, 0) is 74.3 Å². The van der Waals surface area contributed by atoms with Gasteiger partial charge in [0.15, 0.2) is 0 Å². The maximum absolute atomic E-state index is 13.4. The molecule has 3 saturated carbocycles. The van der Waals surface area contributed by atoms with Gasteiger partial charge in [0.1, 0.15) is 5.56 Å². The number of benzene rings is 1. The molecule has 4 atom stereocenters. The highest BCUT2D eigenvalue weighted by Crippen LogP contribution is 2.47. The zero-order valence-corrected chi connectivity index (χ0v) is 16.9. The van der Waals surface area contributed by atoms with E-state index < -0.39 is 0 Å². The first-order chi connectivity index (χ1) is 13.5. The van der Waals surface area contributed by atoms with E-state index in [9.17, 15) is 9.59 Å². The zero-order valence-electron chi connectivity index (χ0n) is 16.9. The predicted octanol–water partition coefficient (Wildman–Crippen LogP) is 4.31. The molecule has 3 fully saturated rings. The number of amides is 1. The third-order valence-corrected chi connectivity index (χ3v) is 7.78. The van der Waals surface area contributed by atoms with Gasteiger partial charge in [-0.25, -0.2) is 0 Å². The standard InChI is InChI=1S/C24H30N2O2/c1-15-17-9-10-18(15)12-19(11-17)25(2)24(28)21-14-26(13-16-7-8-16)22-6-4-3-5-20(22)23(21)27/h3-6,14-19H,7-13H2,1-2H3/t15?,17-,18+,19?. The van der Waals surface area contributed by atoms with Crippen molar-refractivity contribution >= 4 is 16.8 Å². The zero-order chi connectivity index (χ0) is 19.4. The molecule has 0 spiro atoms. The molecule has 1 heterocycles. The van der Waals surface area contributed by atoms with Gasteiger partial charge in [0.2, 0.25) is 5.43 Å². The first-order valence-corrected chi connectivity index (χ1v) is 10.9. The van der Waals surface area contributed by atoms with Crippen LogP contribution in [-0.2, 0) is 6.54 Å². The number of para-hydroxylation sites is 1. The third-order valence-electron chi connectivity index (χ3n) is 7.78. The predicted molar refractivity (Wildman–Crippen MR) is 111 cm³/mol. The maximum atomic E-state index is 13.4. The Morgan fingerprint density at radius 1 is 1.11 bits per heavy atom. The minimum absolute atomic E-state index is 0.0979. The summed E-state index contributed by atoms with van der Waals surface area (Å²) in [5.41, 5.74) is 1.17. The molecular formula is C24H30N2O2. The molecule has 0 N–H and O–H groups in total. The first-order valence-electron chi connectivity index (χ1n) is 10.9. The average molecular weight is 379 g/mol. The Hall–Kier alpha value is -2.10. The lowest BCUT2D eigenvalue weighted by Gasteiger charge is -2.38. The summed E-state index contributed by atoms with van der Waals surface area (Å²) < 4.78 is 2.14. The molecule has 2 bridgehead atoms. The van der Waals surface area contributed by atoms with Gasteiger partial charge in [-0.2, -0.15) is 0 Å². The Balaban J connectivity index is 1.48. The van der Waals surface area contributed by atoms with Gasteiger partial charge < -0.3 is 9.47 Å². The van der Waals surface area contributed by atoms with Crippen molar-refractivity contribution in [2.24, 2.45) is 23.7 Å². The fraction of sp³-hybridized carbons (Fsp3) is 0.583. The lowest BCUT2D eigenvalue weighted by molar-refractivity contribution is 0.0608. The Morgan fingerprint density at radius 3 is 2.46 bits per heavy atom. The van der Waals surface area contributed by atoms with Gasteiger partial charge in [-0.1, -0.05) is 19.1 Å². The van der Waals surface area contributed by atoms with Gasteiger partial charge in [0.05, 0.1) is 5.52 Å². The molecule has 1 amide bonds. The van der Waals surface area contributed by atoms with Crippen molar-refractivity contribution in [1.82, 2.24) is 9.47 Å². The number of nitrogens with zero attached hydrogens (tertiary/aromatic N) is 2. The molecule has 28 heavy (non-hydrogen) atoms. The number of fused-ring (bicyclic) bond motifs is 3. The van der Waals surface area contributed by atoms with Crippen LogP contribution in [-0.4, -0.2) is 28.5 Å². The Morgan fingerprint density at radius 2 is 1.79 bits per heavy atom. The number of rotatable bonds is 4. The molecule has 3 aliphatic rings. The van der Waals surface area contributed by atoms with E-state index in [1.807, 2.05) is 42.4 Å². The van der Waals surface area contributed by atoms with Crippen molar-refractivity contribution in [2.45, 2.75) is 58.0 Å². The second-order valence-electron chi connectivity index (χ2n) is 9.48. The van der Waals surface area contributed by atoms with Crippen LogP contribution >= 0.6 is 0 Å². The minimum atomic E-state index is -0.119. The van der Waals surface area contributed by atoms with E-state index in [-0.39, 0.29) is 17.4 Å². The van der Waals surface area contributed by atoms with Crippen LogP contribution in [0.2, 0.25) is 0 Å². The smallest absolute Gasteiger partial charge is 0.259 e. The largest absolute Gasteiger partial charge is 0.346 e. The molecule has 0 saturated heterocycles. The molecule has 1 aromatic carbocycles. The topological polar surface area (TPSA) is 42.3 Å². The highest BCUT2D eigenvalue weighted by molar-refractivity contribution is 5.97. The van der Waals surface area contributed by atoms with Crippen molar-refractivity contribution in [3.05, 3.63) is 46.2 Å². The molecule has 2 aromatic rings. The number of carbonyl (C=O) groups excluding carboxylic acids is 1. The summed E-state index contributed by atoms with van der Waals surface area (Å²) in [7, 11) is 1.91. The van der Waals surface area contributed by atoms with Crippen molar-refractivity contribution in [2.75, 3.05) is 7.05 Å².